The highest BCUT2D eigenvalue weighted by atomic mass is 19.1. The minimum Gasteiger partial charge on any atom is -0.244 e. The first-order valence-electron chi connectivity index (χ1n) is 3.23. The summed E-state index contributed by atoms with van der Waals surface area (Å²) >= 11 is 0. The van der Waals surface area contributed by atoms with E-state index < -0.39 is 5.67 Å². The van der Waals surface area contributed by atoms with Crippen molar-refractivity contribution in [2.45, 2.75) is 32.9 Å². The van der Waals surface area contributed by atoms with E-state index in [2.05, 4.69) is 13.8 Å². The highest BCUT2D eigenvalue weighted by Crippen LogP contribution is 2.50. The lowest BCUT2D eigenvalue weighted by Crippen LogP contribution is -2.01. The Hall–Kier alpha value is -0.0700. The molecule has 1 saturated carbocycles. The van der Waals surface area contributed by atoms with E-state index in [0.29, 0.717) is 11.8 Å². The Morgan fingerprint density at radius 1 is 1.62 bits per heavy atom. The molecule has 0 radical (unpaired) electrons. The van der Waals surface area contributed by atoms with Gasteiger partial charge in [-0.1, -0.05) is 13.8 Å². The first-order chi connectivity index (χ1) is 3.54. The van der Waals surface area contributed by atoms with Crippen LogP contribution < -0.4 is 0 Å². The number of rotatable bonds is 1. The molecule has 0 N–H and O–H groups in total. The number of hydrogen-bond donors (Lipinski definition) is 0. The van der Waals surface area contributed by atoms with Crippen LogP contribution in [0.1, 0.15) is 27.2 Å². The molecule has 0 nitrogen and oxygen atoms in total. The van der Waals surface area contributed by atoms with Gasteiger partial charge in [0.15, 0.2) is 0 Å². The molecule has 0 aromatic carbocycles. The van der Waals surface area contributed by atoms with Crippen LogP contribution in [0.3, 0.4) is 0 Å². The topological polar surface area (TPSA) is 0 Å². The van der Waals surface area contributed by atoms with Gasteiger partial charge in [-0.3, -0.25) is 0 Å². The molecule has 0 heterocycles. The third-order valence-electron chi connectivity index (χ3n) is 2.04. The largest absolute Gasteiger partial charge is 0.244 e. The highest BCUT2D eigenvalue weighted by Gasteiger charge is 2.52. The highest BCUT2D eigenvalue weighted by molar-refractivity contribution is 5.01. The van der Waals surface area contributed by atoms with E-state index in [4.69, 9.17) is 0 Å². The van der Waals surface area contributed by atoms with Crippen LogP contribution in [0.2, 0.25) is 0 Å². The molecule has 0 aromatic rings. The molecule has 1 fully saturated rings. The standard InChI is InChI=1S/C7H13F/c1-5(2)6-4-7(6,3)8/h5-6H,4H2,1-3H3/t6-,7?/m0/s1. The molecule has 0 aromatic heterocycles. The number of hydrogen-bond acceptors (Lipinski definition) is 0. The molecule has 0 saturated heterocycles. The summed E-state index contributed by atoms with van der Waals surface area (Å²) in [6.07, 6.45) is 0.782. The van der Waals surface area contributed by atoms with E-state index in [-0.39, 0.29) is 0 Å². The fraction of sp³-hybridized carbons (Fsp3) is 1.00. The van der Waals surface area contributed by atoms with E-state index in [1.165, 1.54) is 0 Å². The van der Waals surface area contributed by atoms with E-state index in [9.17, 15) is 4.39 Å². The summed E-state index contributed by atoms with van der Waals surface area (Å²) in [6, 6.07) is 0. The second-order valence-corrected chi connectivity index (χ2v) is 3.33. The van der Waals surface area contributed by atoms with Gasteiger partial charge in [0.2, 0.25) is 0 Å². The summed E-state index contributed by atoms with van der Waals surface area (Å²) < 4.78 is 12.7. The fourth-order valence-electron chi connectivity index (χ4n) is 1.30. The van der Waals surface area contributed by atoms with Gasteiger partial charge in [-0.2, -0.15) is 0 Å². The molecule has 48 valence electrons. The second-order valence-electron chi connectivity index (χ2n) is 3.33. The average Bonchev–Trinajstić information content (AvgIpc) is 2.13. The second kappa shape index (κ2) is 1.46. The molecular weight excluding hydrogens is 103 g/mol. The average molecular weight is 116 g/mol. The van der Waals surface area contributed by atoms with Crippen LogP contribution in [0.25, 0.3) is 0 Å². The molecule has 1 aliphatic carbocycles. The van der Waals surface area contributed by atoms with Gasteiger partial charge in [-0.25, -0.2) is 4.39 Å². The molecule has 0 amide bonds. The molecule has 2 atom stereocenters. The molecule has 0 bridgehead atoms. The van der Waals surface area contributed by atoms with Crippen LogP contribution in [0.5, 0.6) is 0 Å². The Balaban J connectivity index is 2.37. The zero-order chi connectivity index (χ0) is 6.36. The summed E-state index contributed by atoms with van der Waals surface area (Å²) in [6.45, 7) is 5.85. The number of alkyl halides is 1. The van der Waals surface area contributed by atoms with Crippen molar-refractivity contribution < 1.29 is 4.39 Å². The number of halogens is 1. The summed E-state index contributed by atoms with van der Waals surface area (Å²) in [5.41, 5.74) is -0.811. The van der Waals surface area contributed by atoms with Crippen molar-refractivity contribution in [3.63, 3.8) is 0 Å². The molecule has 0 aliphatic heterocycles. The van der Waals surface area contributed by atoms with Gasteiger partial charge in [-0.15, -0.1) is 0 Å². The molecular formula is C7H13F. The summed E-state index contributed by atoms with van der Waals surface area (Å²) in [7, 11) is 0. The monoisotopic (exact) mass is 116 g/mol. The lowest BCUT2D eigenvalue weighted by atomic mass is 10.1. The van der Waals surface area contributed by atoms with Gasteiger partial charge in [0.05, 0.1) is 0 Å². The van der Waals surface area contributed by atoms with Crippen molar-refractivity contribution in [3.05, 3.63) is 0 Å². The van der Waals surface area contributed by atoms with E-state index in [0.717, 1.165) is 6.42 Å². The lowest BCUT2D eigenvalue weighted by Gasteiger charge is -2.01. The van der Waals surface area contributed by atoms with Crippen LogP contribution in [0.4, 0.5) is 4.39 Å². The predicted molar refractivity (Wildman–Crippen MR) is 32.5 cm³/mol. The van der Waals surface area contributed by atoms with E-state index in [1.807, 2.05) is 0 Å². The van der Waals surface area contributed by atoms with Crippen molar-refractivity contribution in [2.24, 2.45) is 11.8 Å². The molecule has 1 aliphatic rings. The van der Waals surface area contributed by atoms with Crippen molar-refractivity contribution in [2.75, 3.05) is 0 Å². The normalized spacial score (nSPS) is 45.4. The van der Waals surface area contributed by atoms with Gasteiger partial charge in [-0.05, 0) is 25.2 Å². The summed E-state index contributed by atoms with van der Waals surface area (Å²) in [4.78, 5) is 0. The quantitative estimate of drug-likeness (QED) is 0.493. The maximum atomic E-state index is 12.7. The van der Waals surface area contributed by atoms with Crippen molar-refractivity contribution in [1.29, 1.82) is 0 Å². The van der Waals surface area contributed by atoms with Crippen LogP contribution in [0.15, 0.2) is 0 Å². The Bertz CT molecular complexity index is 94.6. The fourth-order valence-corrected chi connectivity index (χ4v) is 1.30. The smallest absolute Gasteiger partial charge is 0.111 e. The molecule has 1 heteroatoms. The van der Waals surface area contributed by atoms with E-state index in [1.54, 1.807) is 6.92 Å². The zero-order valence-electron chi connectivity index (χ0n) is 5.74. The van der Waals surface area contributed by atoms with Crippen molar-refractivity contribution >= 4 is 0 Å². The first-order valence-corrected chi connectivity index (χ1v) is 3.23. The maximum Gasteiger partial charge on any atom is 0.111 e. The third kappa shape index (κ3) is 0.862. The summed E-state index contributed by atoms with van der Waals surface area (Å²) in [5, 5.41) is 0. The SMILES string of the molecule is CC(C)[C@@H]1CC1(C)F. The maximum absolute atomic E-state index is 12.7. The zero-order valence-corrected chi connectivity index (χ0v) is 5.74. The van der Waals surface area contributed by atoms with Gasteiger partial charge < -0.3 is 0 Å². The van der Waals surface area contributed by atoms with Gasteiger partial charge in [0.25, 0.3) is 0 Å². The minimum atomic E-state index is -0.811. The Morgan fingerprint density at radius 3 is 2.00 bits per heavy atom. The Kier molecular flexibility index (Phi) is 1.10. The minimum absolute atomic E-state index is 0.350. The van der Waals surface area contributed by atoms with Crippen LogP contribution in [-0.4, -0.2) is 5.67 Å². The first kappa shape index (κ1) is 6.06. The Labute approximate surface area is 50.1 Å². The van der Waals surface area contributed by atoms with Crippen molar-refractivity contribution in [1.82, 2.24) is 0 Å². The molecule has 1 unspecified atom stereocenters. The summed E-state index contributed by atoms with van der Waals surface area (Å²) in [5.74, 6) is 0.882. The van der Waals surface area contributed by atoms with Crippen LogP contribution in [-0.2, 0) is 0 Å². The Morgan fingerprint density at radius 2 is 2.00 bits per heavy atom. The lowest BCUT2D eigenvalue weighted by molar-refractivity contribution is 0.284. The van der Waals surface area contributed by atoms with Crippen molar-refractivity contribution in [3.8, 4) is 0 Å². The van der Waals surface area contributed by atoms with Gasteiger partial charge >= 0.3 is 0 Å². The molecule has 0 spiro atoms. The van der Waals surface area contributed by atoms with Gasteiger partial charge in [0, 0.05) is 0 Å². The molecule has 8 heavy (non-hydrogen) atoms. The van der Waals surface area contributed by atoms with E-state index >= 15 is 0 Å². The predicted octanol–water partition coefficient (Wildman–Crippen LogP) is 2.39. The van der Waals surface area contributed by atoms with Gasteiger partial charge in [0.1, 0.15) is 5.67 Å². The molecule has 1 rings (SSSR count). The van der Waals surface area contributed by atoms with Crippen LogP contribution in [0, 0.1) is 11.8 Å². The third-order valence-corrected chi connectivity index (χ3v) is 2.04. The van der Waals surface area contributed by atoms with Crippen LogP contribution >= 0.6 is 0 Å².